The quantitative estimate of drug-likeness (QED) is 0.596. The van der Waals surface area contributed by atoms with Gasteiger partial charge in [0.1, 0.15) is 11.5 Å². The fourth-order valence-electron chi connectivity index (χ4n) is 5.16. The first-order valence-corrected chi connectivity index (χ1v) is 12.4. The maximum Gasteiger partial charge on any atom is 0.154 e. The summed E-state index contributed by atoms with van der Waals surface area (Å²) < 4.78 is 21.6. The van der Waals surface area contributed by atoms with E-state index in [2.05, 4.69) is 24.3 Å². The Bertz CT molecular complexity index is 897. The Morgan fingerprint density at radius 2 is 1.07 bits per heavy atom. The zero-order valence-electron chi connectivity index (χ0n) is 16.3. The summed E-state index contributed by atoms with van der Waals surface area (Å²) in [6.07, 6.45) is 8.71. The molecule has 0 bridgehead atoms. The average molecular weight is 390 g/mol. The lowest BCUT2D eigenvalue weighted by atomic mass is 9.85. The fraction of sp³-hybridized carbons (Fsp3) is 0.360. The molecular weight excluding hydrogens is 363 g/mol. The van der Waals surface area contributed by atoms with Crippen molar-refractivity contribution in [3.05, 3.63) is 83.3 Å². The molecule has 0 saturated carbocycles. The molecule has 3 heteroatoms. The first-order valence-electron chi connectivity index (χ1n) is 10.6. The molecule has 0 atom stereocenters. The summed E-state index contributed by atoms with van der Waals surface area (Å²) in [5, 5.41) is 1.95. The lowest BCUT2D eigenvalue weighted by Gasteiger charge is -2.41. The van der Waals surface area contributed by atoms with Crippen LogP contribution in [0.4, 0.5) is 0 Å². The molecule has 2 aromatic rings. The summed E-state index contributed by atoms with van der Waals surface area (Å²) in [5.74, 6) is 2.26. The highest BCUT2D eigenvalue weighted by atomic mass is 31.2. The highest BCUT2D eigenvalue weighted by Gasteiger charge is 2.46. The van der Waals surface area contributed by atoms with Gasteiger partial charge in [-0.05, 0) is 49.7 Å². The Kier molecular flexibility index (Phi) is 4.77. The van der Waals surface area contributed by atoms with Crippen molar-refractivity contribution in [2.45, 2.75) is 57.0 Å². The van der Waals surface area contributed by atoms with Crippen molar-refractivity contribution in [2.75, 3.05) is 0 Å². The van der Waals surface area contributed by atoms with Crippen LogP contribution < -0.4 is 10.6 Å². The summed E-state index contributed by atoms with van der Waals surface area (Å²) in [4.78, 5) is 0. The van der Waals surface area contributed by atoms with Gasteiger partial charge in [-0.15, -0.1) is 0 Å². The molecule has 0 aromatic heterocycles. The van der Waals surface area contributed by atoms with E-state index in [1.54, 1.807) is 0 Å². The number of allylic oxidation sites excluding steroid dienone is 4. The Hall–Kier alpha value is -2.05. The molecule has 0 fully saturated rings. The number of hydrogen-bond donors (Lipinski definition) is 0. The molecule has 1 aliphatic heterocycles. The van der Waals surface area contributed by atoms with Crippen molar-refractivity contribution >= 4 is 17.8 Å². The van der Waals surface area contributed by atoms with E-state index < -0.39 is 7.14 Å². The molecule has 2 nitrogen and oxygen atoms in total. The van der Waals surface area contributed by atoms with Gasteiger partial charge in [0.25, 0.3) is 0 Å². The second-order valence-electron chi connectivity index (χ2n) is 8.14. The van der Waals surface area contributed by atoms with Gasteiger partial charge in [0.05, 0.1) is 5.66 Å². The van der Waals surface area contributed by atoms with Crippen molar-refractivity contribution in [3.63, 3.8) is 0 Å². The highest BCUT2D eigenvalue weighted by Crippen LogP contribution is 2.60. The van der Waals surface area contributed by atoms with Crippen LogP contribution in [0, 0.1) is 0 Å². The van der Waals surface area contributed by atoms with E-state index in [0.29, 0.717) is 0 Å². The Morgan fingerprint density at radius 3 is 1.54 bits per heavy atom. The number of hydrogen-bond acceptors (Lipinski definition) is 2. The SMILES string of the molecule is O=P(c1ccccc1)(c1ccccc1)C1C2=C(CCCC2)OC2=C1CCCC2. The van der Waals surface area contributed by atoms with E-state index in [-0.39, 0.29) is 5.66 Å². The van der Waals surface area contributed by atoms with E-state index in [4.69, 9.17) is 4.74 Å². The molecule has 0 N–H and O–H groups in total. The predicted octanol–water partition coefficient (Wildman–Crippen LogP) is 6.06. The summed E-state index contributed by atoms with van der Waals surface area (Å²) in [6, 6.07) is 20.4. The smallest absolute Gasteiger partial charge is 0.154 e. The number of rotatable bonds is 3. The second-order valence-corrected chi connectivity index (χ2v) is 11.0. The van der Waals surface area contributed by atoms with E-state index in [1.165, 1.54) is 36.8 Å². The standard InChI is InChI=1S/C25H27O2P/c26-28(19-11-3-1-4-12-19,20-13-5-2-6-14-20)25-21-15-7-9-17-23(21)27-24-18-10-8-16-22(24)25/h1-6,11-14,25H,7-10,15-18H2. The van der Waals surface area contributed by atoms with Crippen LogP contribution in [0.15, 0.2) is 83.3 Å². The van der Waals surface area contributed by atoms with Crippen LogP contribution in [0.25, 0.3) is 0 Å². The topological polar surface area (TPSA) is 26.3 Å². The van der Waals surface area contributed by atoms with E-state index in [9.17, 15) is 0 Å². The summed E-state index contributed by atoms with van der Waals surface area (Å²) in [6.45, 7) is 0. The van der Waals surface area contributed by atoms with Gasteiger partial charge < -0.3 is 9.30 Å². The molecule has 5 rings (SSSR count). The summed E-state index contributed by atoms with van der Waals surface area (Å²) in [7, 11) is -2.87. The molecule has 144 valence electrons. The monoisotopic (exact) mass is 390 g/mol. The van der Waals surface area contributed by atoms with E-state index in [1.807, 2.05) is 36.4 Å². The maximum atomic E-state index is 15.2. The van der Waals surface area contributed by atoms with Crippen LogP contribution in [0.5, 0.6) is 0 Å². The van der Waals surface area contributed by atoms with Gasteiger partial charge in [0, 0.05) is 23.5 Å². The van der Waals surface area contributed by atoms with Gasteiger partial charge in [-0.25, -0.2) is 0 Å². The van der Waals surface area contributed by atoms with Gasteiger partial charge in [-0.1, -0.05) is 60.7 Å². The molecule has 1 heterocycles. The molecule has 3 aliphatic rings. The van der Waals surface area contributed by atoms with Crippen molar-refractivity contribution in [3.8, 4) is 0 Å². The van der Waals surface area contributed by atoms with Crippen LogP contribution in [-0.2, 0) is 9.30 Å². The Morgan fingerprint density at radius 1 is 0.643 bits per heavy atom. The van der Waals surface area contributed by atoms with Gasteiger partial charge in [-0.3, -0.25) is 0 Å². The predicted molar refractivity (Wildman–Crippen MR) is 116 cm³/mol. The van der Waals surface area contributed by atoms with Crippen molar-refractivity contribution in [1.82, 2.24) is 0 Å². The summed E-state index contributed by atoms with van der Waals surface area (Å²) in [5.41, 5.74) is 2.63. The molecule has 0 spiro atoms. The highest BCUT2D eigenvalue weighted by molar-refractivity contribution is 7.79. The van der Waals surface area contributed by atoms with Crippen LogP contribution >= 0.6 is 7.14 Å². The van der Waals surface area contributed by atoms with Crippen LogP contribution in [0.3, 0.4) is 0 Å². The van der Waals surface area contributed by atoms with Crippen LogP contribution in [-0.4, -0.2) is 5.66 Å². The van der Waals surface area contributed by atoms with E-state index >= 15 is 4.57 Å². The Balaban J connectivity index is 1.77. The van der Waals surface area contributed by atoms with Gasteiger partial charge in [-0.2, -0.15) is 0 Å². The minimum Gasteiger partial charge on any atom is -0.466 e. The molecule has 0 unspecified atom stereocenters. The lowest BCUT2D eigenvalue weighted by Crippen LogP contribution is -2.34. The fourth-order valence-corrected chi connectivity index (χ4v) is 8.71. The van der Waals surface area contributed by atoms with Crippen molar-refractivity contribution < 1.29 is 9.30 Å². The van der Waals surface area contributed by atoms with Crippen LogP contribution in [0.2, 0.25) is 0 Å². The Labute approximate surface area is 167 Å². The minimum atomic E-state index is -2.87. The summed E-state index contributed by atoms with van der Waals surface area (Å²) >= 11 is 0. The zero-order valence-corrected chi connectivity index (χ0v) is 17.2. The third kappa shape index (κ3) is 2.90. The molecule has 0 radical (unpaired) electrons. The largest absolute Gasteiger partial charge is 0.466 e. The first kappa shape index (κ1) is 18.0. The molecule has 2 aliphatic carbocycles. The second kappa shape index (κ2) is 7.41. The van der Waals surface area contributed by atoms with Gasteiger partial charge in [0.15, 0.2) is 7.14 Å². The third-order valence-corrected chi connectivity index (χ3v) is 9.95. The van der Waals surface area contributed by atoms with Gasteiger partial charge >= 0.3 is 0 Å². The number of benzene rings is 2. The molecule has 0 saturated heterocycles. The molecule has 28 heavy (non-hydrogen) atoms. The normalized spacial score (nSPS) is 20.4. The lowest BCUT2D eigenvalue weighted by molar-refractivity contribution is 0.233. The third-order valence-electron chi connectivity index (χ3n) is 6.47. The van der Waals surface area contributed by atoms with E-state index in [0.717, 1.165) is 47.8 Å². The average Bonchev–Trinajstić information content (AvgIpc) is 2.78. The van der Waals surface area contributed by atoms with Crippen molar-refractivity contribution in [2.24, 2.45) is 0 Å². The van der Waals surface area contributed by atoms with Crippen molar-refractivity contribution in [1.29, 1.82) is 0 Å². The minimum absolute atomic E-state index is 0.0170. The number of ether oxygens (including phenoxy) is 1. The molecular formula is C25H27O2P. The first-order chi connectivity index (χ1) is 13.8. The molecule has 0 amide bonds. The maximum absolute atomic E-state index is 15.2. The van der Waals surface area contributed by atoms with Gasteiger partial charge in [0.2, 0.25) is 0 Å². The molecule has 2 aromatic carbocycles. The zero-order chi connectivity index (χ0) is 19.0. The van der Waals surface area contributed by atoms with Crippen LogP contribution in [0.1, 0.15) is 51.4 Å².